The van der Waals surface area contributed by atoms with Crippen molar-refractivity contribution < 1.29 is 45.5 Å². The van der Waals surface area contributed by atoms with Gasteiger partial charge in [-0.3, -0.25) is 10.3 Å². The van der Waals surface area contributed by atoms with Gasteiger partial charge < -0.3 is 14.2 Å². The highest BCUT2D eigenvalue weighted by molar-refractivity contribution is 7.47. The summed E-state index contributed by atoms with van der Waals surface area (Å²) >= 11 is 0. The van der Waals surface area contributed by atoms with Gasteiger partial charge in [0.1, 0.15) is 22.9 Å². The minimum atomic E-state index is -4.20. The van der Waals surface area contributed by atoms with Gasteiger partial charge in [-0.25, -0.2) is 31.8 Å². The molecule has 4 rings (SSSR count). The van der Waals surface area contributed by atoms with Crippen molar-refractivity contribution in [3.63, 3.8) is 0 Å². The summed E-state index contributed by atoms with van der Waals surface area (Å²) in [6.45, 7) is -0.357. The minimum absolute atomic E-state index is 0.139. The van der Waals surface area contributed by atoms with E-state index in [0.717, 1.165) is 25.3 Å². The summed E-state index contributed by atoms with van der Waals surface area (Å²) in [5.74, 6) is -2.81. The third-order valence-corrected chi connectivity index (χ3v) is 5.73. The van der Waals surface area contributed by atoms with Crippen molar-refractivity contribution in [2.75, 3.05) is 12.8 Å². The molecule has 0 amide bonds. The smallest absolute Gasteiger partial charge is 0.436 e. The van der Waals surface area contributed by atoms with Gasteiger partial charge in [-0.2, -0.15) is 0 Å². The number of aromatic nitrogens is 3. The van der Waals surface area contributed by atoms with Crippen LogP contribution in [-0.4, -0.2) is 22.1 Å². The third kappa shape index (κ3) is 6.07. The van der Waals surface area contributed by atoms with Crippen LogP contribution in [-0.2, 0) is 26.8 Å². The van der Waals surface area contributed by atoms with Crippen LogP contribution >= 0.6 is 7.82 Å². The van der Waals surface area contributed by atoms with Crippen LogP contribution in [0.4, 0.5) is 19.0 Å². The molecule has 36 heavy (non-hydrogen) atoms. The summed E-state index contributed by atoms with van der Waals surface area (Å²) in [6, 6.07) is 8.47. The first-order valence-corrected chi connectivity index (χ1v) is 11.7. The van der Waals surface area contributed by atoms with Crippen molar-refractivity contribution >= 4 is 13.6 Å². The molecule has 0 fully saturated rings. The zero-order valence-corrected chi connectivity index (χ0v) is 19.5. The molecule has 3 N–H and O–H groups in total. The van der Waals surface area contributed by atoms with Gasteiger partial charge in [0.05, 0.1) is 11.9 Å². The van der Waals surface area contributed by atoms with Gasteiger partial charge >= 0.3 is 7.82 Å². The number of hydrogen-bond donors (Lipinski definition) is 2. The predicted octanol–water partition coefficient (Wildman–Crippen LogP) is 4.13. The molecule has 0 aliphatic heterocycles. The van der Waals surface area contributed by atoms with Gasteiger partial charge in [0.15, 0.2) is 11.6 Å². The number of ether oxygens (including phenoxy) is 1. The lowest BCUT2D eigenvalue weighted by molar-refractivity contribution is -0.711. The molecule has 3 aromatic heterocycles. The Labute approximate surface area is 202 Å². The van der Waals surface area contributed by atoms with Crippen molar-refractivity contribution in [2.24, 2.45) is 0 Å². The minimum Gasteiger partial charge on any atom is -0.436 e. The first-order valence-electron chi connectivity index (χ1n) is 10.2. The molecule has 0 radical (unpaired) electrons. The molecule has 188 valence electrons. The van der Waals surface area contributed by atoms with Crippen molar-refractivity contribution in [3.05, 3.63) is 83.6 Å². The maximum absolute atomic E-state index is 14.5. The van der Waals surface area contributed by atoms with E-state index in [1.807, 2.05) is 0 Å². The Morgan fingerprint density at radius 3 is 2.61 bits per heavy atom. The Morgan fingerprint density at radius 1 is 1.17 bits per heavy atom. The fourth-order valence-corrected chi connectivity index (χ4v) is 3.52. The van der Waals surface area contributed by atoms with E-state index in [4.69, 9.17) is 19.5 Å². The lowest BCUT2D eigenvalue weighted by Gasteiger charge is -2.09. The van der Waals surface area contributed by atoms with Gasteiger partial charge in [-0.15, -0.1) is 0 Å². The molecular formula is C22H19F3N4O6P+. The molecule has 0 saturated heterocycles. The van der Waals surface area contributed by atoms with E-state index in [1.54, 1.807) is 18.2 Å². The molecule has 14 heteroatoms. The number of nitrogens with two attached hydrogens (primary N) is 1. The number of anilines is 1. The van der Waals surface area contributed by atoms with Crippen molar-refractivity contribution in [1.29, 1.82) is 0 Å². The fourth-order valence-electron chi connectivity index (χ4n) is 3.14. The van der Waals surface area contributed by atoms with E-state index in [1.165, 1.54) is 17.0 Å². The van der Waals surface area contributed by atoms with Crippen LogP contribution in [0.1, 0.15) is 11.3 Å². The average molecular weight is 523 g/mol. The molecule has 0 aliphatic rings. The van der Waals surface area contributed by atoms with E-state index in [9.17, 15) is 22.6 Å². The summed E-state index contributed by atoms with van der Waals surface area (Å²) in [5, 5.41) is 3.96. The highest BCUT2D eigenvalue weighted by atomic mass is 31.2. The van der Waals surface area contributed by atoms with Gasteiger partial charge in [-0.1, -0.05) is 5.16 Å². The maximum Gasteiger partial charge on any atom is 0.475 e. The molecule has 10 nitrogen and oxygen atoms in total. The molecule has 0 spiro atoms. The van der Waals surface area contributed by atoms with Crippen LogP contribution < -0.4 is 15.0 Å². The zero-order valence-electron chi connectivity index (χ0n) is 18.6. The Bertz CT molecular complexity index is 1430. The largest absolute Gasteiger partial charge is 0.475 e. The quantitative estimate of drug-likeness (QED) is 0.245. The number of halogens is 3. The van der Waals surface area contributed by atoms with Gasteiger partial charge in [-0.05, 0) is 23.8 Å². The first kappa shape index (κ1) is 25.3. The number of benzene rings is 1. The SMILES string of the molecule is COP(=O)(O)OC[n+]1cccc(-c2cc(Cc3cnc(Oc4cc(F)cc(F)c4)c(F)c3)no2)c1N. The van der Waals surface area contributed by atoms with E-state index in [2.05, 4.69) is 14.7 Å². The van der Waals surface area contributed by atoms with Crippen molar-refractivity contribution in [2.45, 2.75) is 13.2 Å². The summed E-state index contributed by atoms with van der Waals surface area (Å²) in [5.41, 5.74) is 7.41. The predicted molar refractivity (Wildman–Crippen MR) is 118 cm³/mol. The molecule has 4 aromatic rings. The number of rotatable bonds is 9. The number of pyridine rings is 2. The Balaban J connectivity index is 1.47. The number of phosphoric acid groups is 1. The standard InChI is InChI=1S/C22H18F3N4O6P/c1-32-36(30,31)33-12-29-4-2-3-18(21(29)26)20-10-16(28-35-20)5-13-6-19(25)22(27-11-13)34-17-8-14(23)7-15(24)9-17/h2-4,6-11,26H,5,12H2,1H3,(H,30,31)/p+1. The Kier molecular flexibility index (Phi) is 7.36. The van der Waals surface area contributed by atoms with E-state index in [-0.39, 0.29) is 30.5 Å². The highest BCUT2D eigenvalue weighted by Crippen LogP contribution is 2.41. The monoisotopic (exact) mass is 523 g/mol. The van der Waals surface area contributed by atoms with Gasteiger partial charge in [0.25, 0.3) is 11.7 Å². The fraction of sp³-hybridized carbons (Fsp3) is 0.136. The summed E-state index contributed by atoms with van der Waals surface area (Å²) in [7, 11) is -3.17. The van der Waals surface area contributed by atoms with Crippen LogP contribution in [0.15, 0.2) is 59.4 Å². The van der Waals surface area contributed by atoms with E-state index in [0.29, 0.717) is 22.9 Å². The molecule has 1 unspecified atom stereocenters. The van der Waals surface area contributed by atoms with Crippen molar-refractivity contribution in [1.82, 2.24) is 10.1 Å². The second-order valence-corrected chi connectivity index (χ2v) is 8.94. The molecular weight excluding hydrogens is 504 g/mol. The number of phosphoric ester groups is 1. The van der Waals surface area contributed by atoms with Crippen LogP contribution in [0.25, 0.3) is 11.3 Å². The van der Waals surface area contributed by atoms with Gasteiger partial charge in [0.2, 0.25) is 6.73 Å². The molecule has 0 saturated carbocycles. The van der Waals surface area contributed by atoms with Crippen LogP contribution in [0.3, 0.4) is 0 Å². The van der Waals surface area contributed by atoms with E-state index < -0.39 is 31.2 Å². The van der Waals surface area contributed by atoms with Crippen LogP contribution in [0.5, 0.6) is 11.6 Å². The number of hydrogen-bond acceptors (Lipinski definition) is 8. The second kappa shape index (κ2) is 10.5. The van der Waals surface area contributed by atoms with E-state index >= 15 is 0 Å². The normalized spacial score (nSPS) is 12.9. The molecule has 3 heterocycles. The third-order valence-electron chi connectivity index (χ3n) is 4.83. The lowest BCUT2D eigenvalue weighted by Crippen LogP contribution is -2.38. The lowest BCUT2D eigenvalue weighted by atomic mass is 10.1. The number of nitrogens with zero attached hydrogens (tertiary/aromatic N) is 3. The van der Waals surface area contributed by atoms with Gasteiger partial charge in [0, 0.05) is 44.0 Å². The summed E-state index contributed by atoms with van der Waals surface area (Å²) in [6.07, 6.45) is 3.00. The van der Waals surface area contributed by atoms with Crippen LogP contribution in [0, 0.1) is 17.5 Å². The first-order chi connectivity index (χ1) is 17.1. The average Bonchev–Trinajstić information content (AvgIpc) is 3.28. The summed E-state index contributed by atoms with van der Waals surface area (Å²) < 4.78 is 73.7. The molecule has 1 aromatic carbocycles. The molecule has 1 atom stereocenters. The summed E-state index contributed by atoms with van der Waals surface area (Å²) in [4.78, 5) is 13.3. The maximum atomic E-state index is 14.5. The topological polar surface area (TPSA) is 134 Å². The Hall–Kier alpha value is -3.77. The number of nitrogen functional groups attached to an aromatic ring is 1. The highest BCUT2D eigenvalue weighted by Gasteiger charge is 2.23. The second-order valence-electron chi connectivity index (χ2n) is 7.38. The Morgan fingerprint density at radius 2 is 1.92 bits per heavy atom. The molecule has 0 aliphatic carbocycles. The van der Waals surface area contributed by atoms with Crippen molar-refractivity contribution in [3.8, 4) is 23.0 Å². The zero-order chi connectivity index (χ0) is 25.9. The molecule has 0 bridgehead atoms. The van der Waals surface area contributed by atoms with Crippen LogP contribution in [0.2, 0.25) is 0 Å².